The lowest BCUT2D eigenvalue weighted by molar-refractivity contribution is 0.132. The average Bonchev–Trinajstić information content (AvgIpc) is 2.29. The summed E-state index contributed by atoms with van der Waals surface area (Å²) in [4.78, 5) is 0. The molecule has 3 heteroatoms. The van der Waals surface area contributed by atoms with Crippen LogP contribution in [0.15, 0.2) is 12.1 Å². The fourth-order valence-corrected chi connectivity index (χ4v) is 1.78. The van der Waals surface area contributed by atoms with Gasteiger partial charge in [0.1, 0.15) is 5.75 Å². The van der Waals surface area contributed by atoms with Crippen molar-refractivity contribution in [3.63, 3.8) is 0 Å². The molecular formula is C14H23NO2. The Labute approximate surface area is 104 Å². The molecule has 0 aromatic heterocycles. The first-order chi connectivity index (χ1) is 8.06. The van der Waals surface area contributed by atoms with Crippen LogP contribution in [0.4, 0.5) is 0 Å². The smallest absolute Gasteiger partial charge is 0.125 e. The summed E-state index contributed by atoms with van der Waals surface area (Å²) in [6, 6.07) is 4.16. The van der Waals surface area contributed by atoms with Crippen LogP contribution >= 0.6 is 0 Å². The van der Waals surface area contributed by atoms with Crippen LogP contribution in [0, 0.1) is 20.8 Å². The monoisotopic (exact) mass is 237 g/mol. The van der Waals surface area contributed by atoms with Gasteiger partial charge in [-0.1, -0.05) is 12.1 Å². The molecule has 3 N–H and O–H groups in total. The van der Waals surface area contributed by atoms with E-state index in [0.29, 0.717) is 26.0 Å². The number of aryl methyl sites for hydroxylation is 2. The van der Waals surface area contributed by atoms with E-state index in [-0.39, 0.29) is 6.10 Å². The summed E-state index contributed by atoms with van der Waals surface area (Å²) in [6.07, 6.45) is 0.907. The molecule has 1 aromatic rings. The zero-order valence-corrected chi connectivity index (χ0v) is 11.0. The zero-order chi connectivity index (χ0) is 12.8. The molecule has 0 heterocycles. The highest BCUT2D eigenvalue weighted by Gasteiger charge is 2.08. The van der Waals surface area contributed by atoms with Gasteiger partial charge >= 0.3 is 0 Å². The van der Waals surface area contributed by atoms with Crippen LogP contribution in [0.2, 0.25) is 0 Å². The second-order valence-electron chi connectivity index (χ2n) is 4.52. The standard InChI is InChI=1S/C14H23NO2/c1-10-4-5-11(2)14(12(10)3)17-9-7-13(16)6-8-15/h4-5,13,16H,6-9,15H2,1-3H3. The molecule has 3 nitrogen and oxygen atoms in total. The fourth-order valence-electron chi connectivity index (χ4n) is 1.78. The maximum absolute atomic E-state index is 9.56. The Kier molecular flexibility index (Phi) is 5.45. The molecule has 0 bridgehead atoms. The van der Waals surface area contributed by atoms with Crippen LogP contribution in [0.25, 0.3) is 0 Å². The third-order valence-corrected chi connectivity index (χ3v) is 3.07. The first-order valence-corrected chi connectivity index (χ1v) is 6.14. The van der Waals surface area contributed by atoms with Crippen molar-refractivity contribution in [1.82, 2.24) is 0 Å². The Balaban J connectivity index is 2.55. The Hall–Kier alpha value is -1.06. The molecule has 1 atom stereocenters. The molecule has 0 aliphatic carbocycles. The van der Waals surface area contributed by atoms with Crippen LogP contribution in [-0.4, -0.2) is 24.4 Å². The third kappa shape index (κ3) is 4.02. The first kappa shape index (κ1) is 14.0. The largest absolute Gasteiger partial charge is 0.493 e. The van der Waals surface area contributed by atoms with Crippen LogP contribution in [0.3, 0.4) is 0 Å². The van der Waals surface area contributed by atoms with E-state index >= 15 is 0 Å². The van der Waals surface area contributed by atoms with Crippen molar-refractivity contribution in [2.45, 2.75) is 39.7 Å². The molecule has 1 unspecified atom stereocenters. The summed E-state index contributed by atoms with van der Waals surface area (Å²) in [5, 5.41) is 9.56. The van der Waals surface area contributed by atoms with Gasteiger partial charge in [-0.05, 0) is 50.4 Å². The molecule has 0 radical (unpaired) electrons. The lowest BCUT2D eigenvalue weighted by Crippen LogP contribution is -2.16. The van der Waals surface area contributed by atoms with Gasteiger partial charge in [0, 0.05) is 6.42 Å². The van der Waals surface area contributed by atoms with Crippen LogP contribution < -0.4 is 10.5 Å². The van der Waals surface area contributed by atoms with E-state index < -0.39 is 0 Å². The van der Waals surface area contributed by atoms with Gasteiger partial charge in [-0.3, -0.25) is 0 Å². The van der Waals surface area contributed by atoms with E-state index in [1.807, 2.05) is 6.92 Å². The highest BCUT2D eigenvalue weighted by Crippen LogP contribution is 2.25. The second-order valence-corrected chi connectivity index (χ2v) is 4.52. The summed E-state index contributed by atoms with van der Waals surface area (Å²) in [5.74, 6) is 0.949. The average molecular weight is 237 g/mol. The SMILES string of the molecule is Cc1ccc(C)c(OCCC(O)CCN)c1C. The van der Waals surface area contributed by atoms with Crippen molar-refractivity contribution in [3.8, 4) is 5.75 Å². The molecule has 0 saturated heterocycles. The van der Waals surface area contributed by atoms with E-state index in [4.69, 9.17) is 10.5 Å². The van der Waals surface area contributed by atoms with Gasteiger partial charge in [-0.2, -0.15) is 0 Å². The normalized spacial score (nSPS) is 12.5. The minimum absolute atomic E-state index is 0.356. The lowest BCUT2D eigenvalue weighted by atomic mass is 10.1. The number of rotatable bonds is 6. The van der Waals surface area contributed by atoms with Crippen molar-refractivity contribution in [2.24, 2.45) is 5.73 Å². The molecule has 0 amide bonds. The molecule has 0 spiro atoms. The maximum atomic E-state index is 9.56. The second kappa shape index (κ2) is 6.62. The molecule has 1 aromatic carbocycles. The first-order valence-electron chi connectivity index (χ1n) is 6.14. The Morgan fingerprint density at radius 3 is 2.47 bits per heavy atom. The molecule has 96 valence electrons. The van der Waals surface area contributed by atoms with E-state index in [1.165, 1.54) is 11.1 Å². The number of aliphatic hydroxyl groups excluding tert-OH is 1. The van der Waals surface area contributed by atoms with Gasteiger partial charge in [0.15, 0.2) is 0 Å². The zero-order valence-electron chi connectivity index (χ0n) is 11.0. The molecule has 0 fully saturated rings. The molecular weight excluding hydrogens is 214 g/mol. The number of aliphatic hydroxyl groups is 1. The molecule has 1 rings (SSSR count). The number of hydrogen-bond acceptors (Lipinski definition) is 3. The number of hydrogen-bond donors (Lipinski definition) is 2. The van der Waals surface area contributed by atoms with E-state index in [1.54, 1.807) is 0 Å². The predicted molar refractivity (Wildman–Crippen MR) is 70.4 cm³/mol. The highest BCUT2D eigenvalue weighted by molar-refractivity contribution is 5.44. The Morgan fingerprint density at radius 2 is 1.82 bits per heavy atom. The van der Waals surface area contributed by atoms with Gasteiger partial charge in [0.2, 0.25) is 0 Å². The molecule has 17 heavy (non-hydrogen) atoms. The minimum atomic E-state index is -0.356. The summed E-state index contributed by atoms with van der Waals surface area (Å²) < 4.78 is 5.76. The predicted octanol–water partition coefficient (Wildman–Crippen LogP) is 2.09. The number of benzene rings is 1. The van der Waals surface area contributed by atoms with E-state index in [9.17, 15) is 5.11 Å². The van der Waals surface area contributed by atoms with Crippen LogP contribution in [0.5, 0.6) is 5.75 Å². The molecule has 0 saturated carbocycles. The highest BCUT2D eigenvalue weighted by atomic mass is 16.5. The van der Waals surface area contributed by atoms with E-state index in [0.717, 1.165) is 11.3 Å². The van der Waals surface area contributed by atoms with Gasteiger partial charge in [-0.25, -0.2) is 0 Å². The van der Waals surface area contributed by atoms with Crippen molar-refractivity contribution < 1.29 is 9.84 Å². The third-order valence-electron chi connectivity index (χ3n) is 3.07. The van der Waals surface area contributed by atoms with Crippen molar-refractivity contribution in [2.75, 3.05) is 13.2 Å². The Bertz CT molecular complexity index is 363. The minimum Gasteiger partial charge on any atom is -0.493 e. The van der Waals surface area contributed by atoms with Crippen molar-refractivity contribution >= 4 is 0 Å². The summed E-state index contributed by atoms with van der Waals surface area (Å²) in [6.45, 7) is 7.23. The summed E-state index contributed by atoms with van der Waals surface area (Å²) in [5.41, 5.74) is 8.93. The maximum Gasteiger partial charge on any atom is 0.125 e. The summed E-state index contributed by atoms with van der Waals surface area (Å²) >= 11 is 0. The van der Waals surface area contributed by atoms with Crippen molar-refractivity contribution in [3.05, 3.63) is 28.8 Å². The van der Waals surface area contributed by atoms with Gasteiger partial charge < -0.3 is 15.6 Å². The van der Waals surface area contributed by atoms with Crippen LogP contribution in [0.1, 0.15) is 29.5 Å². The van der Waals surface area contributed by atoms with Crippen molar-refractivity contribution in [1.29, 1.82) is 0 Å². The van der Waals surface area contributed by atoms with Gasteiger partial charge in [0.05, 0.1) is 12.7 Å². The van der Waals surface area contributed by atoms with Gasteiger partial charge in [0.25, 0.3) is 0 Å². The van der Waals surface area contributed by atoms with E-state index in [2.05, 4.69) is 26.0 Å². The quantitative estimate of drug-likeness (QED) is 0.796. The van der Waals surface area contributed by atoms with Crippen LogP contribution in [-0.2, 0) is 0 Å². The number of ether oxygens (including phenoxy) is 1. The Morgan fingerprint density at radius 1 is 1.18 bits per heavy atom. The molecule has 0 aliphatic heterocycles. The fraction of sp³-hybridized carbons (Fsp3) is 0.571. The number of nitrogens with two attached hydrogens (primary N) is 1. The topological polar surface area (TPSA) is 55.5 Å². The summed E-state index contributed by atoms with van der Waals surface area (Å²) in [7, 11) is 0. The lowest BCUT2D eigenvalue weighted by Gasteiger charge is -2.15. The van der Waals surface area contributed by atoms with Gasteiger partial charge in [-0.15, -0.1) is 0 Å². The molecule has 0 aliphatic rings.